The summed E-state index contributed by atoms with van der Waals surface area (Å²) >= 11 is 3.00. The predicted molar refractivity (Wildman–Crippen MR) is 118 cm³/mol. The predicted octanol–water partition coefficient (Wildman–Crippen LogP) is 3.43. The summed E-state index contributed by atoms with van der Waals surface area (Å²) in [5.74, 6) is 0.415. The molecule has 0 aliphatic carbocycles. The lowest BCUT2D eigenvalue weighted by Crippen LogP contribution is -2.41. The lowest BCUT2D eigenvalue weighted by Gasteiger charge is -2.27. The molecule has 0 spiro atoms. The van der Waals surface area contributed by atoms with Gasteiger partial charge in [-0.1, -0.05) is 30.0 Å². The van der Waals surface area contributed by atoms with Gasteiger partial charge in [0, 0.05) is 17.5 Å². The van der Waals surface area contributed by atoms with Crippen molar-refractivity contribution in [2.24, 2.45) is 0 Å². The lowest BCUT2D eigenvalue weighted by atomic mass is 10.2. The maximum absolute atomic E-state index is 13.1. The van der Waals surface area contributed by atoms with E-state index in [9.17, 15) is 13.2 Å². The van der Waals surface area contributed by atoms with E-state index in [1.54, 1.807) is 16.2 Å². The number of thiophene rings is 1. The zero-order valence-corrected chi connectivity index (χ0v) is 18.6. The molecule has 4 rings (SSSR count). The Kier molecular flexibility index (Phi) is 5.98. The summed E-state index contributed by atoms with van der Waals surface area (Å²) in [6, 6.07) is 11.6. The fourth-order valence-electron chi connectivity index (χ4n) is 3.69. The number of thioether (sulfide) groups is 1. The Balaban J connectivity index is 1.52. The van der Waals surface area contributed by atoms with Crippen LogP contribution in [-0.2, 0) is 27.7 Å². The average molecular weight is 450 g/mol. The summed E-state index contributed by atoms with van der Waals surface area (Å²) < 4.78 is 26.1. The monoisotopic (exact) mass is 449 g/mol. The number of aryl methyl sites for hydroxylation is 1. The summed E-state index contributed by atoms with van der Waals surface area (Å²) in [6.07, 6.45) is 0.511. The van der Waals surface area contributed by atoms with Crippen LogP contribution in [0.1, 0.15) is 18.2 Å². The van der Waals surface area contributed by atoms with Gasteiger partial charge in [-0.15, -0.1) is 11.3 Å². The van der Waals surface area contributed by atoms with Gasteiger partial charge in [-0.05, 0) is 36.9 Å². The number of benzene rings is 1. The highest BCUT2D eigenvalue weighted by molar-refractivity contribution is 7.99. The van der Waals surface area contributed by atoms with Crippen molar-refractivity contribution in [2.45, 2.75) is 37.6 Å². The standard InChI is InChI=1S/C20H23N3O3S3/c1-2-22-18-8-4-3-7-17(18)21-20(22)28-13-19(24)23(12-16-6-5-10-27-16)15-9-11-29(25,26)14-15/h3-8,10,15H,2,9,11-14H2,1H3/t15-/m0/s1. The third kappa shape index (κ3) is 4.51. The molecule has 0 saturated carbocycles. The van der Waals surface area contributed by atoms with E-state index in [2.05, 4.69) is 16.5 Å². The van der Waals surface area contributed by atoms with Crippen LogP contribution in [0.2, 0.25) is 0 Å². The maximum atomic E-state index is 13.1. The van der Waals surface area contributed by atoms with E-state index in [-0.39, 0.29) is 29.2 Å². The summed E-state index contributed by atoms with van der Waals surface area (Å²) in [5.41, 5.74) is 1.98. The van der Waals surface area contributed by atoms with Gasteiger partial charge in [-0.3, -0.25) is 4.79 Å². The number of sulfone groups is 1. The topological polar surface area (TPSA) is 72.3 Å². The number of hydrogen-bond acceptors (Lipinski definition) is 6. The molecule has 0 N–H and O–H groups in total. The molecule has 1 aliphatic rings. The fraction of sp³-hybridized carbons (Fsp3) is 0.400. The molecule has 1 aliphatic heterocycles. The first-order valence-corrected chi connectivity index (χ1v) is 13.3. The van der Waals surface area contributed by atoms with Crippen LogP contribution in [0, 0.1) is 0 Å². The van der Waals surface area contributed by atoms with E-state index in [0.29, 0.717) is 13.0 Å². The van der Waals surface area contributed by atoms with E-state index < -0.39 is 9.84 Å². The molecule has 6 nitrogen and oxygen atoms in total. The van der Waals surface area contributed by atoms with Crippen LogP contribution in [0.15, 0.2) is 46.9 Å². The van der Waals surface area contributed by atoms with Crippen LogP contribution in [0.25, 0.3) is 11.0 Å². The number of fused-ring (bicyclic) bond motifs is 1. The summed E-state index contributed by atoms with van der Waals surface area (Å²) in [4.78, 5) is 20.6. The van der Waals surface area contributed by atoms with Crippen molar-refractivity contribution >= 4 is 49.9 Å². The second-order valence-electron chi connectivity index (χ2n) is 7.07. The van der Waals surface area contributed by atoms with Gasteiger partial charge < -0.3 is 9.47 Å². The Morgan fingerprint density at radius 1 is 1.31 bits per heavy atom. The highest BCUT2D eigenvalue weighted by Crippen LogP contribution is 2.27. The van der Waals surface area contributed by atoms with Crippen molar-refractivity contribution in [3.8, 4) is 0 Å². The van der Waals surface area contributed by atoms with Crippen molar-refractivity contribution in [1.29, 1.82) is 0 Å². The second kappa shape index (κ2) is 8.49. The van der Waals surface area contributed by atoms with Crippen LogP contribution in [0.3, 0.4) is 0 Å². The molecule has 1 amide bonds. The van der Waals surface area contributed by atoms with Gasteiger partial charge >= 0.3 is 0 Å². The molecule has 1 fully saturated rings. The number of rotatable bonds is 7. The number of amides is 1. The van der Waals surface area contributed by atoms with E-state index in [0.717, 1.165) is 27.6 Å². The molecule has 0 radical (unpaired) electrons. The van der Waals surface area contributed by atoms with Crippen molar-refractivity contribution in [1.82, 2.24) is 14.5 Å². The Bertz CT molecular complexity index is 1110. The van der Waals surface area contributed by atoms with Gasteiger partial charge in [0.05, 0.1) is 34.8 Å². The summed E-state index contributed by atoms with van der Waals surface area (Å²) in [6.45, 7) is 3.30. The quantitative estimate of drug-likeness (QED) is 0.517. The fourth-order valence-corrected chi connectivity index (χ4v) is 7.09. The smallest absolute Gasteiger partial charge is 0.233 e. The molecular formula is C20H23N3O3S3. The van der Waals surface area contributed by atoms with Gasteiger partial charge in [0.1, 0.15) is 0 Å². The lowest BCUT2D eigenvalue weighted by molar-refractivity contribution is -0.130. The number of hydrogen-bond donors (Lipinski definition) is 0. The van der Waals surface area contributed by atoms with Crippen LogP contribution in [0.4, 0.5) is 0 Å². The highest BCUT2D eigenvalue weighted by atomic mass is 32.2. The molecule has 0 bridgehead atoms. The minimum absolute atomic E-state index is 0.0415. The average Bonchev–Trinajstić information content (AvgIpc) is 3.42. The zero-order valence-electron chi connectivity index (χ0n) is 16.2. The van der Waals surface area contributed by atoms with Crippen LogP contribution in [0.5, 0.6) is 0 Å². The van der Waals surface area contributed by atoms with Gasteiger partial charge in [0.15, 0.2) is 15.0 Å². The first-order chi connectivity index (χ1) is 14.0. The summed E-state index contributed by atoms with van der Waals surface area (Å²) in [5, 5.41) is 2.79. The number of carbonyl (C=O) groups is 1. The molecule has 154 valence electrons. The van der Waals surface area contributed by atoms with Gasteiger partial charge in [0.25, 0.3) is 0 Å². The van der Waals surface area contributed by atoms with Crippen LogP contribution < -0.4 is 0 Å². The molecule has 29 heavy (non-hydrogen) atoms. The maximum Gasteiger partial charge on any atom is 0.233 e. The van der Waals surface area contributed by atoms with Gasteiger partial charge in [0.2, 0.25) is 5.91 Å². The van der Waals surface area contributed by atoms with Crippen LogP contribution in [-0.4, -0.2) is 52.1 Å². The number of imidazole rings is 1. The minimum Gasteiger partial charge on any atom is -0.333 e. The van der Waals surface area contributed by atoms with E-state index in [1.165, 1.54) is 11.8 Å². The SMILES string of the molecule is CCn1c(SCC(=O)N(Cc2cccs2)[C@H]2CCS(=O)(=O)C2)nc2ccccc21. The first kappa shape index (κ1) is 20.4. The van der Waals surface area contributed by atoms with Gasteiger partial charge in [-0.25, -0.2) is 13.4 Å². The van der Waals surface area contributed by atoms with E-state index in [1.807, 2.05) is 41.8 Å². The molecule has 1 saturated heterocycles. The zero-order chi connectivity index (χ0) is 20.4. The third-order valence-electron chi connectivity index (χ3n) is 5.14. The Labute approximate surface area is 178 Å². The largest absolute Gasteiger partial charge is 0.333 e. The molecular weight excluding hydrogens is 426 g/mol. The molecule has 3 heterocycles. The van der Waals surface area contributed by atoms with Gasteiger partial charge in [-0.2, -0.15) is 0 Å². The Hall–Kier alpha value is -1.84. The third-order valence-corrected chi connectivity index (χ3v) is 8.71. The number of carbonyl (C=O) groups excluding carboxylic acids is 1. The molecule has 2 aromatic heterocycles. The van der Waals surface area contributed by atoms with Crippen molar-refractivity contribution in [2.75, 3.05) is 17.3 Å². The molecule has 3 aromatic rings. The number of para-hydroxylation sites is 2. The van der Waals surface area contributed by atoms with E-state index >= 15 is 0 Å². The minimum atomic E-state index is -3.06. The molecule has 1 aromatic carbocycles. The van der Waals surface area contributed by atoms with Crippen molar-refractivity contribution < 1.29 is 13.2 Å². The second-order valence-corrected chi connectivity index (χ2v) is 11.3. The number of nitrogens with zero attached hydrogens (tertiary/aromatic N) is 3. The molecule has 0 unspecified atom stereocenters. The highest BCUT2D eigenvalue weighted by Gasteiger charge is 2.34. The first-order valence-electron chi connectivity index (χ1n) is 9.57. The Morgan fingerprint density at radius 2 is 2.14 bits per heavy atom. The molecule has 1 atom stereocenters. The number of aromatic nitrogens is 2. The Morgan fingerprint density at radius 3 is 2.83 bits per heavy atom. The van der Waals surface area contributed by atoms with E-state index in [4.69, 9.17) is 0 Å². The summed E-state index contributed by atoms with van der Waals surface area (Å²) in [7, 11) is -3.06. The van der Waals surface area contributed by atoms with Crippen molar-refractivity contribution in [3.63, 3.8) is 0 Å². The van der Waals surface area contributed by atoms with Crippen LogP contribution >= 0.6 is 23.1 Å². The normalized spacial score (nSPS) is 18.3. The van der Waals surface area contributed by atoms with Crippen molar-refractivity contribution in [3.05, 3.63) is 46.7 Å². The molecule has 9 heteroatoms.